The van der Waals surface area contributed by atoms with E-state index in [0.29, 0.717) is 11.6 Å². The summed E-state index contributed by atoms with van der Waals surface area (Å²) in [6, 6.07) is 10.2. The average Bonchev–Trinajstić information content (AvgIpc) is 3.50. The van der Waals surface area contributed by atoms with Crippen molar-refractivity contribution in [2.75, 3.05) is 0 Å². The highest BCUT2D eigenvalue weighted by molar-refractivity contribution is 7.93. The number of aromatic nitrogens is 3. The Hall–Kier alpha value is -2.79. The fourth-order valence-corrected chi connectivity index (χ4v) is 5.37. The van der Waals surface area contributed by atoms with Gasteiger partial charge in [-0.1, -0.05) is 30.3 Å². The highest BCUT2D eigenvalue weighted by Crippen LogP contribution is 2.51. The van der Waals surface area contributed by atoms with Crippen molar-refractivity contribution in [2.24, 2.45) is 0 Å². The fourth-order valence-electron chi connectivity index (χ4n) is 3.50. The summed E-state index contributed by atoms with van der Waals surface area (Å²) in [6.45, 7) is -1.33. The molecule has 1 saturated carbocycles. The van der Waals surface area contributed by atoms with Crippen LogP contribution in [-0.2, 0) is 33.3 Å². The van der Waals surface area contributed by atoms with Gasteiger partial charge < -0.3 is 4.74 Å². The van der Waals surface area contributed by atoms with Gasteiger partial charge in [-0.25, -0.2) is 26.9 Å². The van der Waals surface area contributed by atoms with Gasteiger partial charge in [0.1, 0.15) is 24.3 Å². The van der Waals surface area contributed by atoms with Gasteiger partial charge in [0.05, 0.1) is 18.4 Å². The van der Waals surface area contributed by atoms with Crippen LogP contribution in [0.1, 0.15) is 24.0 Å². The molecule has 0 N–H and O–H groups in total. The Morgan fingerprint density at radius 3 is 2.41 bits per heavy atom. The summed E-state index contributed by atoms with van der Waals surface area (Å²) in [6.07, 6.45) is 2.29. The molecule has 0 aliphatic heterocycles. The molecule has 2 aromatic carbocycles. The lowest BCUT2D eigenvalue weighted by molar-refractivity contribution is -0.189. The van der Waals surface area contributed by atoms with Gasteiger partial charge in [0.15, 0.2) is 5.60 Å². The van der Waals surface area contributed by atoms with Gasteiger partial charge in [-0.05, 0) is 30.5 Å². The molecule has 0 saturated heterocycles. The largest absolute Gasteiger partial charge is 0.379 e. The zero-order valence-corrected chi connectivity index (χ0v) is 17.5. The molecular weight excluding hydrogens is 450 g/mol. The van der Waals surface area contributed by atoms with Crippen LogP contribution in [0.25, 0.3) is 0 Å². The summed E-state index contributed by atoms with van der Waals surface area (Å²) < 4.78 is 93.0. The van der Waals surface area contributed by atoms with Gasteiger partial charge in [0, 0.05) is 11.6 Å². The predicted molar refractivity (Wildman–Crippen MR) is 106 cm³/mol. The number of ether oxygens (including phenoxy) is 1. The van der Waals surface area contributed by atoms with Crippen molar-refractivity contribution >= 4 is 9.84 Å². The number of sulfone groups is 1. The summed E-state index contributed by atoms with van der Waals surface area (Å²) in [5.41, 5.74) is -3.38. The minimum Gasteiger partial charge on any atom is -0.356 e. The van der Waals surface area contributed by atoms with Crippen LogP contribution in [0, 0.1) is 11.6 Å². The van der Waals surface area contributed by atoms with Crippen molar-refractivity contribution in [1.29, 1.82) is 0 Å². The molecule has 0 amide bonds. The standard InChI is InChI=1S/C21H19F4N3O3S/c22-16-6-9-18(19(23)10-16)20(12-28-14-26-13-27-28,31-11-15-4-2-1-3-5-15)21(24,25)32(29,30)17-7-8-17/h1-6,9-10,13-14,17H,7-8,11-12H2. The molecule has 11 heteroatoms. The van der Waals surface area contributed by atoms with Gasteiger partial charge in [0.25, 0.3) is 0 Å². The van der Waals surface area contributed by atoms with E-state index in [4.69, 9.17) is 4.74 Å². The topological polar surface area (TPSA) is 74.1 Å². The molecule has 32 heavy (non-hydrogen) atoms. The summed E-state index contributed by atoms with van der Waals surface area (Å²) in [4.78, 5) is 3.69. The third-order valence-corrected chi connectivity index (χ3v) is 7.73. The van der Waals surface area contributed by atoms with E-state index in [1.165, 1.54) is 0 Å². The van der Waals surface area contributed by atoms with Crippen LogP contribution in [0.3, 0.4) is 0 Å². The molecule has 4 rings (SSSR count). The van der Waals surface area contributed by atoms with Crippen LogP contribution in [0.4, 0.5) is 17.6 Å². The number of hydrogen-bond acceptors (Lipinski definition) is 5. The van der Waals surface area contributed by atoms with Crippen molar-refractivity contribution in [3.05, 3.63) is 83.9 Å². The predicted octanol–water partition coefficient (Wildman–Crippen LogP) is 3.84. The molecule has 1 unspecified atom stereocenters. The molecule has 1 heterocycles. The molecule has 0 bridgehead atoms. The number of nitrogens with zero attached hydrogens (tertiary/aromatic N) is 3. The van der Waals surface area contributed by atoms with Gasteiger partial charge in [-0.15, -0.1) is 0 Å². The van der Waals surface area contributed by atoms with Crippen LogP contribution in [0.15, 0.2) is 61.2 Å². The van der Waals surface area contributed by atoms with Crippen LogP contribution in [0.5, 0.6) is 0 Å². The molecule has 1 atom stereocenters. The Morgan fingerprint density at radius 1 is 1.09 bits per heavy atom. The van der Waals surface area contributed by atoms with E-state index >= 15 is 8.78 Å². The number of halogens is 4. The molecule has 1 aromatic heterocycles. The van der Waals surface area contributed by atoms with Crippen LogP contribution < -0.4 is 0 Å². The van der Waals surface area contributed by atoms with Gasteiger partial charge in [-0.3, -0.25) is 0 Å². The first-order valence-corrected chi connectivity index (χ1v) is 11.3. The third-order valence-electron chi connectivity index (χ3n) is 5.34. The van der Waals surface area contributed by atoms with E-state index in [2.05, 4.69) is 10.1 Å². The first-order chi connectivity index (χ1) is 15.2. The van der Waals surface area contributed by atoms with Crippen molar-refractivity contribution < 1.29 is 30.7 Å². The number of hydrogen-bond donors (Lipinski definition) is 0. The van der Waals surface area contributed by atoms with Crippen molar-refractivity contribution in [2.45, 2.75) is 42.1 Å². The zero-order valence-electron chi connectivity index (χ0n) is 16.7. The first kappa shape index (κ1) is 22.4. The average molecular weight is 469 g/mol. The van der Waals surface area contributed by atoms with E-state index in [9.17, 15) is 17.2 Å². The van der Waals surface area contributed by atoms with Crippen molar-refractivity contribution in [3.8, 4) is 0 Å². The Bertz CT molecular complexity index is 1190. The molecule has 170 valence electrons. The number of rotatable bonds is 9. The van der Waals surface area contributed by atoms with E-state index in [-0.39, 0.29) is 12.8 Å². The molecule has 3 aromatic rings. The van der Waals surface area contributed by atoms with E-state index in [1.54, 1.807) is 30.3 Å². The fraction of sp³-hybridized carbons (Fsp3) is 0.333. The molecular formula is C21H19F4N3O3S. The second-order valence-electron chi connectivity index (χ2n) is 7.58. The van der Waals surface area contributed by atoms with E-state index in [1.807, 2.05) is 0 Å². The van der Waals surface area contributed by atoms with Crippen LogP contribution in [-0.4, -0.2) is 33.7 Å². The minimum atomic E-state index is -5.09. The Morgan fingerprint density at radius 2 is 1.81 bits per heavy atom. The van der Waals surface area contributed by atoms with Crippen molar-refractivity contribution in [3.63, 3.8) is 0 Å². The Balaban J connectivity index is 1.92. The van der Waals surface area contributed by atoms with Crippen molar-refractivity contribution in [1.82, 2.24) is 14.8 Å². The second-order valence-corrected chi connectivity index (χ2v) is 9.85. The SMILES string of the molecule is O=S(=O)(C1CC1)C(F)(F)C(Cn1cncn1)(OCc1ccccc1)c1ccc(F)cc1F. The van der Waals surface area contributed by atoms with Gasteiger partial charge in [-0.2, -0.15) is 13.9 Å². The number of benzene rings is 2. The lowest BCUT2D eigenvalue weighted by Gasteiger charge is -2.40. The smallest absolute Gasteiger partial charge is 0.356 e. The molecule has 0 spiro atoms. The molecule has 1 aliphatic carbocycles. The number of alkyl halides is 2. The maximum Gasteiger partial charge on any atom is 0.379 e. The van der Waals surface area contributed by atoms with Crippen LogP contribution >= 0.6 is 0 Å². The molecule has 0 radical (unpaired) electrons. The monoisotopic (exact) mass is 469 g/mol. The summed E-state index contributed by atoms with van der Waals surface area (Å²) in [5, 5.41) is -2.05. The van der Waals surface area contributed by atoms with E-state index in [0.717, 1.165) is 29.5 Å². The van der Waals surface area contributed by atoms with E-state index < -0.39 is 56.3 Å². The summed E-state index contributed by atoms with van der Waals surface area (Å²) in [5.74, 6) is -2.36. The zero-order chi connectivity index (χ0) is 23.0. The highest BCUT2D eigenvalue weighted by Gasteiger charge is 2.68. The lowest BCUT2D eigenvalue weighted by Crippen LogP contribution is -2.56. The van der Waals surface area contributed by atoms with Crippen LogP contribution in [0.2, 0.25) is 0 Å². The first-order valence-electron chi connectivity index (χ1n) is 9.74. The van der Waals surface area contributed by atoms with Gasteiger partial charge in [0.2, 0.25) is 9.84 Å². The second kappa shape index (κ2) is 8.28. The summed E-state index contributed by atoms with van der Waals surface area (Å²) in [7, 11) is -5.09. The third kappa shape index (κ3) is 3.90. The molecule has 6 nitrogen and oxygen atoms in total. The Kier molecular flexibility index (Phi) is 5.80. The quantitative estimate of drug-likeness (QED) is 0.446. The summed E-state index contributed by atoms with van der Waals surface area (Å²) >= 11 is 0. The highest BCUT2D eigenvalue weighted by atomic mass is 32.2. The normalized spacial score (nSPS) is 16.6. The lowest BCUT2D eigenvalue weighted by atomic mass is 9.92. The maximum absolute atomic E-state index is 16.0. The molecule has 1 aliphatic rings. The maximum atomic E-state index is 16.0. The Labute approximate surface area is 181 Å². The van der Waals surface area contributed by atoms with Gasteiger partial charge >= 0.3 is 5.25 Å². The minimum absolute atomic E-state index is 0.0713. The molecule has 1 fully saturated rings.